The van der Waals surface area contributed by atoms with Crippen LogP contribution in [-0.2, 0) is 17.8 Å². The highest BCUT2D eigenvalue weighted by molar-refractivity contribution is 5.96. The molecule has 27 heavy (non-hydrogen) atoms. The Morgan fingerprint density at radius 3 is 2.19 bits per heavy atom. The molecule has 0 aliphatic carbocycles. The zero-order chi connectivity index (χ0) is 20.2. The van der Waals surface area contributed by atoms with Crippen LogP contribution < -0.4 is 11.1 Å². The fourth-order valence-electron chi connectivity index (χ4n) is 2.70. The van der Waals surface area contributed by atoms with Crippen LogP contribution in [0.15, 0.2) is 58.8 Å². The van der Waals surface area contributed by atoms with Crippen molar-refractivity contribution in [2.75, 3.05) is 0 Å². The molecule has 0 aromatic heterocycles. The number of aryl methyl sites for hydroxylation is 1. The second-order valence-corrected chi connectivity index (χ2v) is 7.20. The Bertz CT molecular complexity index is 690. The third-order valence-electron chi connectivity index (χ3n) is 4.92. The zero-order valence-corrected chi connectivity index (χ0v) is 17.7. The normalized spacial score (nSPS) is 13.4. The van der Waals surface area contributed by atoms with Crippen molar-refractivity contribution < 1.29 is 4.79 Å². The van der Waals surface area contributed by atoms with Crippen LogP contribution in [0.25, 0.3) is 0 Å². The molecular weight excluding hydrogens is 332 g/mol. The average Bonchev–Trinajstić information content (AvgIpc) is 2.66. The smallest absolute Gasteiger partial charge is 0.253 e. The highest BCUT2D eigenvalue weighted by atomic mass is 16.1. The highest BCUT2D eigenvalue weighted by Gasteiger charge is 2.09. The quantitative estimate of drug-likeness (QED) is 0.322. The Hall–Kier alpha value is -2.29. The summed E-state index contributed by atoms with van der Waals surface area (Å²) in [6.45, 7) is 10.8. The summed E-state index contributed by atoms with van der Waals surface area (Å²) in [7, 11) is 0. The van der Waals surface area contributed by atoms with Crippen LogP contribution >= 0.6 is 0 Å². The van der Waals surface area contributed by atoms with E-state index in [0.717, 1.165) is 18.4 Å². The Morgan fingerprint density at radius 1 is 1.00 bits per heavy atom. The minimum absolute atomic E-state index is 0.139. The van der Waals surface area contributed by atoms with Crippen LogP contribution in [-0.4, -0.2) is 5.91 Å². The molecule has 1 aromatic carbocycles. The fraction of sp³-hybridized carbons (Fsp3) is 0.458. The number of hydrogen-bond acceptors (Lipinski definition) is 2. The van der Waals surface area contributed by atoms with Gasteiger partial charge in [0.2, 0.25) is 0 Å². The highest BCUT2D eigenvalue weighted by Crippen LogP contribution is 2.12. The van der Waals surface area contributed by atoms with Gasteiger partial charge in [-0.05, 0) is 57.2 Å². The Balaban J connectivity index is 2.68. The van der Waals surface area contributed by atoms with Gasteiger partial charge in [0.1, 0.15) is 0 Å². The maximum absolute atomic E-state index is 12.5. The van der Waals surface area contributed by atoms with Crippen LogP contribution in [0, 0.1) is 0 Å². The summed E-state index contributed by atoms with van der Waals surface area (Å²) in [4.78, 5) is 12.5. The first-order valence-corrected chi connectivity index (χ1v) is 10.1. The van der Waals surface area contributed by atoms with Crippen molar-refractivity contribution >= 4 is 5.91 Å². The number of carbonyl (C=O) groups excluding carboxylic acids is 1. The molecule has 1 aromatic rings. The van der Waals surface area contributed by atoms with E-state index < -0.39 is 0 Å². The van der Waals surface area contributed by atoms with Gasteiger partial charge in [-0.15, -0.1) is 0 Å². The number of benzene rings is 1. The minimum atomic E-state index is -0.139. The molecule has 1 rings (SSSR count). The third-order valence-corrected chi connectivity index (χ3v) is 4.92. The van der Waals surface area contributed by atoms with Gasteiger partial charge in [-0.1, -0.05) is 68.2 Å². The van der Waals surface area contributed by atoms with Gasteiger partial charge in [-0.3, -0.25) is 4.79 Å². The molecule has 0 atom stereocenters. The molecule has 148 valence electrons. The van der Waals surface area contributed by atoms with E-state index in [9.17, 15) is 4.79 Å². The molecule has 3 nitrogen and oxygen atoms in total. The summed E-state index contributed by atoms with van der Waals surface area (Å²) in [5, 5.41) is 2.97. The van der Waals surface area contributed by atoms with Crippen molar-refractivity contribution in [1.29, 1.82) is 0 Å². The summed E-state index contributed by atoms with van der Waals surface area (Å²) in [5.74, 6) is -0.139. The van der Waals surface area contributed by atoms with E-state index in [4.69, 9.17) is 5.73 Å². The minimum Gasteiger partial charge on any atom is -0.402 e. The van der Waals surface area contributed by atoms with Crippen LogP contribution in [0.2, 0.25) is 0 Å². The number of allylic oxidation sites excluding steroid dienone is 4. The number of rotatable bonds is 10. The van der Waals surface area contributed by atoms with Gasteiger partial charge in [0, 0.05) is 12.2 Å². The molecule has 1 amide bonds. The monoisotopic (exact) mass is 368 g/mol. The van der Waals surface area contributed by atoms with Crippen molar-refractivity contribution in [3.8, 4) is 0 Å². The first kappa shape index (κ1) is 22.8. The molecule has 0 saturated heterocycles. The molecular formula is C24H36N2O. The molecule has 0 aliphatic heterocycles. The van der Waals surface area contributed by atoms with Gasteiger partial charge in [0.15, 0.2) is 0 Å². The van der Waals surface area contributed by atoms with Gasteiger partial charge < -0.3 is 11.1 Å². The summed E-state index contributed by atoms with van der Waals surface area (Å²) >= 11 is 0. The first-order valence-electron chi connectivity index (χ1n) is 10.1. The molecule has 0 radical (unpaired) electrons. The maximum atomic E-state index is 12.5. The summed E-state index contributed by atoms with van der Waals surface area (Å²) < 4.78 is 0. The van der Waals surface area contributed by atoms with E-state index in [2.05, 4.69) is 57.3 Å². The van der Waals surface area contributed by atoms with Crippen molar-refractivity contribution in [1.82, 2.24) is 5.32 Å². The second kappa shape index (κ2) is 12.2. The second-order valence-electron chi connectivity index (χ2n) is 7.20. The lowest BCUT2D eigenvalue weighted by atomic mass is 10.0. The molecule has 0 aliphatic rings. The Morgan fingerprint density at radius 2 is 1.63 bits per heavy atom. The van der Waals surface area contributed by atoms with E-state index >= 15 is 0 Å². The number of amides is 1. The summed E-state index contributed by atoms with van der Waals surface area (Å²) in [6.07, 6.45) is 9.64. The van der Waals surface area contributed by atoms with Gasteiger partial charge in [-0.2, -0.15) is 0 Å². The topological polar surface area (TPSA) is 55.1 Å². The lowest BCUT2D eigenvalue weighted by molar-refractivity contribution is -0.117. The van der Waals surface area contributed by atoms with Crippen LogP contribution in [0.3, 0.4) is 0 Å². The number of nitrogens with two attached hydrogens (primary N) is 1. The van der Waals surface area contributed by atoms with Gasteiger partial charge in [-0.25, -0.2) is 0 Å². The van der Waals surface area contributed by atoms with E-state index in [1.165, 1.54) is 36.0 Å². The van der Waals surface area contributed by atoms with E-state index in [1.807, 2.05) is 12.2 Å². The van der Waals surface area contributed by atoms with Crippen LogP contribution in [0.5, 0.6) is 0 Å². The molecule has 0 bridgehead atoms. The standard InChI is InChI=1S/C24H36N2O/c1-6-8-9-10-21-12-14-22(15-13-21)17-26-24(27)23(20(5)25)16-11-19(4)18(3)7-2/h11-16H,6-10,17,25H2,1-5H3,(H,26,27)/b16-11-,19-18?,23-20-. The van der Waals surface area contributed by atoms with Gasteiger partial charge in [0.25, 0.3) is 5.91 Å². The Kier molecular flexibility index (Phi) is 10.2. The summed E-state index contributed by atoms with van der Waals surface area (Å²) in [6, 6.07) is 8.49. The van der Waals surface area contributed by atoms with E-state index in [-0.39, 0.29) is 5.91 Å². The molecule has 3 N–H and O–H groups in total. The van der Waals surface area contributed by atoms with Gasteiger partial charge >= 0.3 is 0 Å². The van der Waals surface area contributed by atoms with Crippen molar-refractivity contribution in [3.05, 3.63) is 70.0 Å². The number of nitrogens with one attached hydrogen (secondary N) is 1. The van der Waals surface area contributed by atoms with Crippen molar-refractivity contribution in [3.63, 3.8) is 0 Å². The molecule has 3 heteroatoms. The SMILES string of the molecule is CCCCCc1ccc(CNC(=O)C(/C=C\C(C)=C(C)CC)=C(/C)N)cc1. The van der Waals surface area contributed by atoms with E-state index in [1.54, 1.807) is 6.92 Å². The van der Waals surface area contributed by atoms with Crippen LogP contribution in [0.1, 0.15) is 71.4 Å². The number of hydrogen-bond donors (Lipinski definition) is 2. The predicted octanol–water partition coefficient (Wildman–Crippen LogP) is 5.57. The molecule has 0 fully saturated rings. The fourth-order valence-corrected chi connectivity index (χ4v) is 2.70. The Labute approximate surface area is 165 Å². The molecule has 0 saturated carbocycles. The van der Waals surface area contributed by atoms with Crippen molar-refractivity contribution in [2.24, 2.45) is 5.73 Å². The lowest BCUT2D eigenvalue weighted by Gasteiger charge is -2.09. The predicted molar refractivity (Wildman–Crippen MR) is 116 cm³/mol. The van der Waals surface area contributed by atoms with Crippen LogP contribution in [0.4, 0.5) is 0 Å². The maximum Gasteiger partial charge on any atom is 0.253 e. The molecule has 0 heterocycles. The summed E-state index contributed by atoms with van der Waals surface area (Å²) in [5.41, 5.74) is 11.9. The van der Waals surface area contributed by atoms with E-state index in [0.29, 0.717) is 17.8 Å². The average molecular weight is 369 g/mol. The molecule has 0 spiro atoms. The zero-order valence-electron chi connectivity index (χ0n) is 17.7. The lowest BCUT2D eigenvalue weighted by Crippen LogP contribution is -2.25. The largest absolute Gasteiger partial charge is 0.402 e. The number of unbranched alkanes of at least 4 members (excludes halogenated alkanes) is 2. The molecule has 0 unspecified atom stereocenters. The third kappa shape index (κ3) is 8.29. The first-order chi connectivity index (χ1) is 12.9. The van der Waals surface area contributed by atoms with Crippen molar-refractivity contribution in [2.45, 2.75) is 73.3 Å². The van der Waals surface area contributed by atoms with Gasteiger partial charge in [0.05, 0.1) is 5.57 Å². The number of carbonyl (C=O) groups is 1.